The molecular weight excluding hydrogens is 386 g/mol. The van der Waals surface area contributed by atoms with Crippen molar-refractivity contribution in [2.75, 3.05) is 12.0 Å². The van der Waals surface area contributed by atoms with Gasteiger partial charge in [-0.25, -0.2) is 0 Å². The second-order valence-corrected chi connectivity index (χ2v) is 7.97. The van der Waals surface area contributed by atoms with Gasteiger partial charge in [0.25, 0.3) is 0 Å². The van der Waals surface area contributed by atoms with Gasteiger partial charge in [0, 0.05) is 16.8 Å². The van der Waals surface area contributed by atoms with E-state index in [-0.39, 0.29) is 12.1 Å². The second-order valence-electron chi connectivity index (χ2n) is 5.84. The minimum atomic E-state index is -0.0551. The van der Waals surface area contributed by atoms with Crippen molar-refractivity contribution in [2.45, 2.75) is 12.1 Å². The highest BCUT2D eigenvalue weighted by Gasteiger charge is 2.41. The maximum absolute atomic E-state index is 6.22. The number of aromatic nitrogens is 1. The fourth-order valence-electron chi connectivity index (χ4n) is 3.15. The number of thiocarbonyl (C=S) groups is 1. The van der Waals surface area contributed by atoms with Crippen LogP contribution in [0.25, 0.3) is 0 Å². The van der Waals surface area contributed by atoms with Gasteiger partial charge in [-0.15, -0.1) is 11.3 Å². The molecule has 0 unspecified atom stereocenters. The fourth-order valence-corrected chi connectivity index (χ4v) is 4.69. The summed E-state index contributed by atoms with van der Waals surface area (Å²) in [6.07, 6.45) is 1.80. The standard InChI is InChI=1S/C19H16ClN3OS2/c1-24-13-7-5-12(6-8-13)23-18(15-9-10-16(20)26-15)17(22-19(23)25)14-4-2-3-11-21-14/h2-11,17-18H,1H3,(H,22,25)/t17-,18+/m0/s1. The van der Waals surface area contributed by atoms with Crippen LogP contribution in [0.3, 0.4) is 0 Å². The molecule has 1 aliphatic heterocycles. The lowest BCUT2D eigenvalue weighted by molar-refractivity contribution is 0.415. The molecule has 0 amide bonds. The van der Waals surface area contributed by atoms with Gasteiger partial charge in [0.05, 0.1) is 29.2 Å². The summed E-state index contributed by atoms with van der Waals surface area (Å²) in [5, 5.41) is 4.10. The third-order valence-corrected chi connectivity index (χ3v) is 5.95. The summed E-state index contributed by atoms with van der Waals surface area (Å²) in [5.41, 5.74) is 1.94. The normalized spacial score (nSPS) is 19.5. The first-order valence-corrected chi connectivity index (χ1v) is 9.67. The first kappa shape index (κ1) is 17.3. The second kappa shape index (κ2) is 7.23. The molecular formula is C19H16ClN3OS2. The first-order chi connectivity index (χ1) is 12.7. The number of hydrogen-bond acceptors (Lipinski definition) is 4. The van der Waals surface area contributed by atoms with E-state index in [0.29, 0.717) is 5.11 Å². The van der Waals surface area contributed by atoms with Crippen molar-refractivity contribution in [3.05, 3.63) is 75.7 Å². The number of hydrogen-bond donors (Lipinski definition) is 1. The number of methoxy groups -OCH3 is 1. The molecule has 1 N–H and O–H groups in total. The van der Waals surface area contributed by atoms with E-state index in [0.717, 1.165) is 26.3 Å². The third kappa shape index (κ3) is 3.16. The Morgan fingerprint density at radius 2 is 1.96 bits per heavy atom. The number of thiophene rings is 1. The Morgan fingerprint density at radius 3 is 2.58 bits per heavy atom. The maximum Gasteiger partial charge on any atom is 0.174 e. The summed E-state index contributed by atoms with van der Waals surface area (Å²) in [5.74, 6) is 0.809. The van der Waals surface area contributed by atoms with Gasteiger partial charge in [0.2, 0.25) is 0 Å². The molecule has 0 saturated carbocycles. The molecule has 1 aromatic carbocycles. The van der Waals surface area contributed by atoms with E-state index >= 15 is 0 Å². The van der Waals surface area contributed by atoms with Crippen LogP contribution in [0.4, 0.5) is 5.69 Å². The minimum absolute atomic E-state index is 0.0247. The van der Waals surface area contributed by atoms with Crippen molar-refractivity contribution in [2.24, 2.45) is 0 Å². The number of anilines is 1. The van der Waals surface area contributed by atoms with E-state index in [9.17, 15) is 0 Å². The molecule has 1 fully saturated rings. The molecule has 2 aromatic heterocycles. The third-order valence-electron chi connectivity index (χ3n) is 4.33. The molecule has 3 aromatic rings. The fraction of sp³-hybridized carbons (Fsp3) is 0.158. The van der Waals surface area contributed by atoms with Crippen LogP contribution in [0, 0.1) is 0 Å². The highest BCUT2D eigenvalue weighted by molar-refractivity contribution is 7.80. The van der Waals surface area contributed by atoms with Crippen molar-refractivity contribution < 1.29 is 4.74 Å². The Morgan fingerprint density at radius 1 is 1.15 bits per heavy atom. The SMILES string of the molecule is COc1ccc(N2C(=S)N[C@@H](c3ccccn3)[C@H]2c2ccc(Cl)s2)cc1. The van der Waals surface area contributed by atoms with E-state index in [4.69, 9.17) is 28.6 Å². The summed E-state index contributed by atoms with van der Waals surface area (Å²) >= 11 is 13.5. The molecule has 3 heterocycles. The van der Waals surface area contributed by atoms with E-state index in [1.165, 1.54) is 0 Å². The zero-order valence-electron chi connectivity index (χ0n) is 13.9. The molecule has 0 bridgehead atoms. The predicted molar refractivity (Wildman–Crippen MR) is 110 cm³/mol. The lowest BCUT2D eigenvalue weighted by atomic mass is 10.0. The number of benzene rings is 1. The van der Waals surface area contributed by atoms with Crippen LogP contribution in [-0.4, -0.2) is 17.2 Å². The van der Waals surface area contributed by atoms with E-state index in [1.54, 1.807) is 24.6 Å². The predicted octanol–water partition coefficient (Wildman–Crippen LogP) is 4.98. The van der Waals surface area contributed by atoms with Crippen LogP contribution >= 0.6 is 35.2 Å². The van der Waals surface area contributed by atoms with Gasteiger partial charge in [-0.3, -0.25) is 4.98 Å². The van der Waals surface area contributed by atoms with E-state index in [1.807, 2.05) is 48.5 Å². The molecule has 4 nitrogen and oxygen atoms in total. The van der Waals surface area contributed by atoms with Crippen molar-refractivity contribution >= 4 is 46.0 Å². The topological polar surface area (TPSA) is 37.4 Å². The van der Waals surface area contributed by atoms with Crippen LogP contribution in [0.5, 0.6) is 5.75 Å². The quantitative estimate of drug-likeness (QED) is 0.624. The van der Waals surface area contributed by atoms with Crippen molar-refractivity contribution in [3.8, 4) is 5.75 Å². The zero-order chi connectivity index (χ0) is 18.1. The summed E-state index contributed by atoms with van der Waals surface area (Å²) in [6, 6.07) is 17.7. The number of rotatable bonds is 4. The number of halogens is 1. The van der Waals surface area contributed by atoms with E-state index in [2.05, 4.69) is 21.3 Å². The molecule has 1 saturated heterocycles. The van der Waals surface area contributed by atoms with Crippen LogP contribution in [-0.2, 0) is 0 Å². The number of pyridine rings is 1. The largest absolute Gasteiger partial charge is 0.497 e. The average molecular weight is 402 g/mol. The zero-order valence-corrected chi connectivity index (χ0v) is 16.3. The maximum atomic E-state index is 6.22. The smallest absolute Gasteiger partial charge is 0.174 e. The summed E-state index contributed by atoms with van der Waals surface area (Å²) in [4.78, 5) is 7.79. The molecule has 0 aliphatic carbocycles. The van der Waals surface area contributed by atoms with Crippen LogP contribution in [0.1, 0.15) is 22.7 Å². The minimum Gasteiger partial charge on any atom is -0.497 e. The average Bonchev–Trinajstić information content (AvgIpc) is 3.25. The van der Waals surface area contributed by atoms with Crippen LogP contribution in [0.2, 0.25) is 4.34 Å². The lowest BCUT2D eigenvalue weighted by Gasteiger charge is -2.27. The number of ether oxygens (including phenoxy) is 1. The van der Waals surface area contributed by atoms with Crippen LogP contribution in [0.15, 0.2) is 60.8 Å². The Labute approximate surface area is 166 Å². The van der Waals surface area contributed by atoms with Crippen molar-refractivity contribution in [3.63, 3.8) is 0 Å². The summed E-state index contributed by atoms with van der Waals surface area (Å²) in [6.45, 7) is 0. The molecule has 0 spiro atoms. The Kier molecular flexibility index (Phi) is 4.80. The molecule has 26 heavy (non-hydrogen) atoms. The molecule has 2 atom stereocenters. The highest BCUT2D eigenvalue weighted by atomic mass is 35.5. The van der Waals surface area contributed by atoms with Gasteiger partial charge >= 0.3 is 0 Å². The first-order valence-electron chi connectivity index (χ1n) is 8.07. The van der Waals surface area contributed by atoms with Crippen molar-refractivity contribution in [1.82, 2.24) is 10.3 Å². The van der Waals surface area contributed by atoms with E-state index < -0.39 is 0 Å². The molecule has 0 radical (unpaired) electrons. The number of nitrogens with zero attached hydrogens (tertiary/aromatic N) is 2. The molecule has 132 valence electrons. The summed E-state index contributed by atoms with van der Waals surface area (Å²) < 4.78 is 6.03. The lowest BCUT2D eigenvalue weighted by Crippen LogP contribution is -2.28. The van der Waals surface area contributed by atoms with Crippen molar-refractivity contribution in [1.29, 1.82) is 0 Å². The Balaban J connectivity index is 1.79. The van der Waals surface area contributed by atoms with Gasteiger partial charge in [-0.05, 0) is 60.7 Å². The molecule has 1 aliphatic rings. The van der Waals surface area contributed by atoms with Gasteiger partial charge in [-0.2, -0.15) is 0 Å². The van der Waals surface area contributed by atoms with Gasteiger partial charge in [0.1, 0.15) is 5.75 Å². The van der Waals surface area contributed by atoms with Gasteiger partial charge in [0.15, 0.2) is 5.11 Å². The Bertz CT molecular complexity index is 914. The molecule has 4 rings (SSSR count). The van der Waals surface area contributed by atoms with Gasteiger partial charge in [-0.1, -0.05) is 17.7 Å². The van der Waals surface area contributed by atoms with Crippen LogP contribution < -0.4 is 15.0 Å². The Hall–Kier alpha value is -2.15. The molecule has 7 heteroatoms. The number of nitrogens with one attached hydrogen (secondary N) is 1. The van der Waals surface area contributed by atoms with Gasteiger partial charge < -0.3 is 15.0 Å². The summed E-state index contributed by atoms with van der Waals surface area (Å²) in [7, 11) is 1.66. The highest BCUT2D eigenvalue weighted by Crippen LogP contribution is 2.44. The monoisotopic (exact) mass is 401 g/mol.